The van der Waals surface area contributed by atoms with Crippen LogP contribution < -0.4 is 10.2 Å². The largest absolute Gasteiger partial charge is 0.495 e. The predicted molar refractivity (Wildman–Crippen MR) is 94.3 cm³/mol. The quantitative estimate of drug-likeness (QED) is 0.709. The number of hydrogen-bond donors (Lipinski definition) is 0. The van der Waals surface area contributed by atoms with Crippen molar-refractivity contribution >= 4 is 12.6 Å². The van der Waals surface area contributed by atoms with E-state index in [9.17, 15) is 0 Å². The van der Waals surface area contributed by atoms with Crippen LogP contribution in [0.1, 0.15) is 66.2 Å². The summed E-state index contributed by atoms with van der Waals surface area (Å²) in [6, 6.07) is 8.23. The van der Waals surface area contributed by atoms with E-state index >= 15 is 0 Å². The minimum atomic E-state index is -0.294. The Bertz CT molecular complexity index is 513. The van der Waals surface area contributed by atoms with E-state index in [-0.39, 0.29) is 18.3 Å². The highest BCUT2D eigenvalue weighted by atomic mass is 16.7. The minimum absolute atomic E-state index is 0.200. The van der Waals surface area contributed by atoms with E-state index in [1.807, 2.05) is 12.1 Å². The van der Waals surface area contributed by atoms with Crippen LogP contribution in [0.2, 0.25) is 0 Å². The van der Waals surface area contributed by atoms with E-state index in [4.69, 9.17) is 14.0 Å². The molecule has 1 saturated heterocycles. The summed E-state index contributed by atoms with van der Waals surface area (Å²) in [5, 5.41) is 0. The van der Waals surface area contributed by atoms with Crippen molar-refractivity contribution in [3.63, 3.8) is 0 Å². The second-order valence-corrected chi connectivity index (χ2v) is 6.86. The third kappa shape index (κ3) is 2.92. The highest BCUT2D eigenvalue weighted by Crippen LogP contribution is 2.46. The second-order valence-electron chi connectivity index (χ2n) is 6.86. The lowest BCUT2D eigenvalue weighted by Crippen LogP contribution is -2.50. The Morgan fingerprint density at radius 3 is 2.04 bits per heavy atom. The van der Waals surface area contributed by atoms with Gasteiger partial charge < -0.3 is 14.0 Å². The fraction of sp³-hybridized carbons (Fsp3) is 0.684. The van der Waals surface area contributed by atoms with E-state index in [0.29, 0.717) is 6.10 Å². The highest BCUT2D eigenvalue weighted by molar-refractivity contribution is 6.62. The molecule has 1 aromatic rings. The summed E-state index contributed by atoms with van der Waals surface area (Å²) in [5.74, 6) is 0.932. The second kappa shape index (κ2) is 6.48. The summed E-state index contributed by atoms with van der Waals surface area (Å²) in [5.41, 5.74) is 0.668. The van der Waals surface area contributed by atoms with Crippen molar-refractivity contribution in [2.75, 3.05) is 0 Å². The van der Waals surface area contributed by atoms with Gasteiger partial charge in [-0.15, -0.1) is 0 Å². The van der Waals surface area contributed by atoms with Crippen LogP contribution in [0.15, 0.2) is 24.3 Å². The van der Waals surface area contributed by atoms with E-state index in [1.54, 1.807) is 0 Å². The first-order valence-corrected chi connectivity index (χ1v) is 9.24. The van der Waals surface area contributed by atoms with Crippen LogP contribution in [0.3, 0.4) is 0 Å². The molecule has 1 saturated carbocycles. The molecule has 0 atom stereocenters. The van der Waals surface area contributed by atoms with Crippen molar-refractivity contribution in [1.29, 1.82) is 0 Å². The van der Waals surface area contributed by atoms with Gasteiger partial charge in [-0.05, 0) is 56.1 Å². The summed E-state index contributed by atoms with van der Waals surface area (Å²) in [4.78, 5) is 0. The van der Waals surface area contributed by atoms with Crippen molar-refractivity contribution in [2.24, 2.45) is 0 Å². The van der Waals surface area contributed by atoms with Gasteiger partial charge in [0.05, 0.1) is 17.3 Å². The van der Waals surface area contributed by atoms with Crippen molar-refractivity contribution in [1.82, 2.24) is 0 Å². The van der Waals surface area contributed by atoms with Gasteiger partial charge in [0.1, 0.15) is 5.75 Å². The van der Waals surface area contributed by atoms with Crippen LogP contribution in [0.25, 0.3) is 0 Å². The normalized spacial score (nSPS) is 22.3. The molecule has 1 aliphatic heterocycles. The molecular formula is C19H29BO3. The van der Waals surface area contributed by atoms with Gasteiger partial charge >= 0.3 is 7.12 Å². The number of hydrogen-bond acceptors (Lipinski definition) is 3. The van der Waals surface area contributed by atoms with Crippen molar-refractivity contribution in [3.05, 3.63) is 24.3 Å². The first-order chi connectivity index (χ1) is 11.1. The minimum Gasteiger partial charge on any atom is -0.490 e. The summed E-state index contributed by atoms with van der Waals surface area (Å²) < 4.78 is 19.0. The zero-order valence-electron chi connectivity index (χ0n) is 14.9. The Balaban J connectivity index is 1.86. The van der Waals surface area contributed by atoms with Crippen LogP contribution in [0.5, 0.6) is 5.75 Å². The Morgan fingerprint density at radius 2 is 1.57 bits per heavy atom. The molecular weight excluding hydrogens is 287 g/mol. The van der Waals surface area contributed by atoms with Gasteiger partial charge in [0, 0.05) is 0 Å². The van der Waals surface area contributed by atoms with E-state index < -0.39 is 0 Å². The molecule has 0 N–H and O–H groups in total. The van der Waals surface area contributed by atoms with Gasteiger partial charge in [-0.25, -0.2) is 0 Å². The van der Waals surface area contributed by atoms with Crippen LogP contribution in [0, 0.1) is 0 Å². The molecule has 126 valence electrons. The Kier molecular flexibility index (Phi) is 4.75. The molecule has 1 aromatic carbocycles. The zero-order chi connectivity index (χ0) is 16.5. The fourth-order valence-electron chi connectivity index (χ4n) is 4.02. The molecule has 1 aliphatic carbocycles. The van der Waals surface area contributed by atoms with Gasteiger partial charge in [0.15, 0.2) is 0 Å². The molecule has 1 heterocycles. The number of benzene rings is 1. The monoisotopic (exact) mass is 316 g/mol. The molecule has 3 nitrogen and oxygen atoms in total. The maximum absolute atomic E-state index is 6.53. The summed E-state index contributed by atoms with van der Waals surface area (Å²) in [6.07, 6.45) is 6.64. The van der Waals surface area contributed by atoms with Crippen molar-refractivity contribution < 1.29 is 14.0 Å². The van der Waals surface area contributed by atoms with E-state index in [1.165, 1.54) is 12.8 Å². The third-order valence-electron chi connectivity index (χ3n) is 5.74. The predicted octanol–water partition coefficient (Wildman–Crippen LogP) is 4.09. The molecule has 2 aliphatic rings. The number of rotatable bonds is 7. The van der Waals surface area contributed by atoms with Gasteiger partial charge in [-0.3, -0.25) is 0 Å². The van der Waals surface area contributed by atoms with Crippen LogP contribution in [0.4, 0.5) is 0 Å². The molecule has 4 heteroatoms. The fourth-order valence-corrected chi connectivity index (χ4v) is 4.02. The number of ether oxygens (including phenoxy) is 1. The summed E-state index contributed by atoms with van der Waals surface area (Å²) in [7, 11) is -0.294. The van der Waals surface area contributed by atoms with Gasteiger partial charge in [0.2, 0.25) is 0 Å². The maximum atomic E-state index is 6.53. The molecule has 0 bridgehead atoms. The lowest BCUT2D eigenvalue weighted by Gasteiger charge is -2.42. The standard InChI is InChI=1S/C19H29BO3/c1-5-18(6-2)19(7-3,8-4)23-20(22-18)15-10-9-11-17(14-15)21-16-12-13-16/h9-11,14,16H,5-8,12-13H2,1-4H3. The molecule has 0 aromatic heterocycles. The van der Waals surface area contributed by atoms with Crippen molar-refractivity contribution in [3.8, 4) is 5.75 Å². The Labute approximate surface area is 140 Å². The van der Waals surface area contributed by atoms with Crippen LogP contribution >= 0.6 is 0 Å². The van der Waals surface area contributed by atoms with Crippen molar-refractivity contribution in [2.45, 2.75) is 83.5 Å². The third-order valence-corrected chi connectivity index (χ3v) is 5.74. The summed E-state index contributed by atoms with van der Waals surface area (Å²) >= 11 is 0. The molecule has 23 heavy (non-hydrogen) atoms. The lowest BCUT2D eigenvalue weighted by molar-refractivity contribution is -0.0601. The molecule has 2 fully saturated rings. The Morgan fingerprint density at radius 1 is 1.00 bits per heavy atom. The highest BCUT2D eigenvalue weighted by Gasteiger charge is 2.58. The van der Waals surface area contributed by atoms with Gasteiger partial charge in [0.25, 0.3) is 0 Å². The molecule has 0 spiro atoms. The SMILES string of the molecule is CCC1(CC)OB(c2cccc(OC3CC3)c2)OC1(CC)CC. The van der Waals surface area contributed by atoms with Gasteiger partial charge in [-0.1, -0.05) is 39.8 Å². The van der Waals surface area contributed by atoms with Crippen LogP contribution in [-0.4, -0.2) is 24.4 Å². The topological polar surface area (TPSA) is 27.7 Å². The average Bonchev–Trinajstić information content (AvgIpc) is 3.34. The first-order valence-electron chi connectivity index (χ1n) is 9.24. The maximum Gasteiger partial charge on any atom is 0.495 e. The lowest BCUT2D eigenvalue weighted by atomic mass is 9.75. The Hall–Kier alpha value is -0.995. The average molecular weight is 316 g/mol. The molecule has 0 amide bonds. The molecule has 0 unspecified atom stereocenters. The molecule has 0 radical (unpaired) electrons. The van der Waals surface area contributed by atoms with Crippen LogP contribution in [-0.2, 0) is 9.31 Å². The first kappa shape index (κ1) is 16.8. The zero-order valence-corrected chi connectivity index (χ0v) is 14.9. The molecule has 3 rings (SSSR count). The smallest absolute Gasteiger partial charge is 0.490 e. The van der Waals surface area contributed by atoms with Gasteiger partial charge in [-0.2, -0.15) is 0 Å². The van der Waals surface area contributed by atoms with E-state index in [0.717, 1.165) is 36.9 Å². The van der Waals surface area contributed by atoms with E-state index in [2.05, 4.69) is 39.8 Å². The summed E-state index contributed by atoms with van der Waals surface area (Å²) in [6.45, 7) is 8.84.